The van der Waals surface area contributed by atoms with Crippen LogP contribution in [-0.2, 0) is 0 Å². The van der Waals surface area contributed by atoms with E-state index in [1.807, 2.05) is 30.3 Å². The molecule has 2 heterocycles. The van der Waals surface area contributed by atoms with Crippen molar-refractivity contribution in [2.75, 3.05) is 5.75 Å². The Morgan fingerprint density at radius 2 is 2.05 bits per heavy atom. The Morgan fingerprint density at radius 1 is 1.25 bits per heavy atom. The van der Waals surface area contributed by atoms with Crippen LogP contribution in [0.4, 0.5) is 0 Å². The van der Waals surface area contributed by atoms with Gasteiger partial charge in [0.1, 0.15) is 11.5 Å². The zero-order valence-corrected chi connectivity index (χ0v) is 12.6. The molecule has 2 aromatic heterocycles. The number of nitrogens with zero attached hydrogens (tertiary/aromatic N) is 3. The van der Waals surface area contributed by atoms with Crippen LogP contribution >= 0.6 is 34.7 Å². The van der Waals surface area contributed by atoms with Crippen LogP contribution in [0.2, 0.25) is 5.15 Å². The number of benzene rings is 1. The molecule has 0 fully saturated rings. The van der Waals surface area contributed by atoms with E-state index in [1.54, 1.807) is 11.3 Å². The van der Waals surface area contributed by atoms with E-state index in [1.165, 1.54) is 18.1 Å². The molecule has 3 rings (SSSR count). The Hall–Kier alpha value is -1.61. The highest BCUT2D eigenvalue weighted by Gasteiger charge is 2.17. The van der Waals surface area contributed by atoms with Gasteiger partial charge in [-0.1, -0.05) is 53.7 Å². The molecular weight excluding hydrogens is 310 g/mol. The first-order valence-corrected chi connectivity index (χ1v) is 7.97. The van der Waals surface area contributed by atoms with Gasteiger partial charge in [-0.15, -0.1) is 11.3 Å². The van der Waals surface area contributed by atoms with E-state index < -0.39 is 0 Å². The van der Waals surface area contributed by atoms with Crippen LogP contribution in [0.5, 0.6) is 0 Å². The Kier molecular flexibility index (Phi) is 3.88. The average Bonchev–Trinajstić information content (AvgIpc) is 2.86. The molecule has 0 spiro atoms. The lowest BCUT2D eigenvalue weighted by molar-refractivity contribution is 1.23. The van der Waals surface area contributed by atoms with E-state index in [-0.39, 0.29) is 0 Å². The molecule has 0 atom stereocenters. The molecule has 1 aromatic carbocycles. The summed E-state index contributed by atoms with van der Waals surface area (Å²) in [5.74, 6) is 0.400. The van der Waals surface area contributed by atoms with E-state index in [0.29, 0.717) is 10.9 Å². The summed E-state index contributed by atoms with van der Waals surface area (Å²) >= 11 is 9.20. The van der Waals surface area contributed by atoms with Crippen molar-refractivity contribution in [1.82, 2.24) is 9.97 Å². The van der Waals surface area contributed by atoms with Gasteiger partial charge >= 0.3 is 0 Å². The fourth-order valence-corrected chi connectivity index (χ4v) is 4.28. The van der Waals surface area contributed by atoms with E-state index in [0.717, 1.165) is 25.6 Å². The van der Waals surface area contributed by atoms with Crippen LogP contribution in [0.3, 0.4) is 0 Å². The Bertz CT molecular complexity index is 793. The van der Waals surface area contributed by atoms with Crippen LogP contribution in [0.25, 0.3) is 21.3 Å². The SMILES string of the molecule is N#CCSc1sc2c(Cl)ncnc2c1-c1ccccc1. The summed E-state index contributed by atoms with van der Waals surface area (Å²) in [7, 11) is 0. The maximum absolute atomic E-state index is 8.80. The van der Waals surface area contributed by atoms with Crippen LogP contribution in [0.15, 0.2) is 40.9 Å². The van der Waals surface area contributed by atoms with Gasteiger partial charge < -0.3 is 0 Å². The molecule has 0 aliphatic heterocycles. The van der Waals surface area contributed by atoms with Crippen molar-refractivity contribution in [2.24, 2.45) is 0 Å². The smallest absolute Gasteiger partial charge is 0.150 e. The summed E-state index contributed by atoms with van der Waals surface area (Å²) in [4.78, 5) is 8.39. The highest BCUT2D eigenvalue weighted by molar-refractivity contribution is 8.01. The predicted octanol–water partition coefficient (Wildman–Crippen LogP) is 4.63. The van der Waals surface area contributed by atoms with Crippen molar-refractivity contribution in [3.63, 3.8) is 0 Å². The van der Waals surface area contributed by atoms with Gasteiger partial charge in [0.15, 0.2) is 0 Å². The van der Waals surface area contributed by atoms with Crippen molar-refractivity contribution in [2.45, 2.75) is 4.21 Å². The third kappa shape index (κ3) is 2.38. The van der Waals surface area contributed by atoms with Crippen LogP contribution in [0.1, 0.15) is 0 Å². The second-order valence-corrected chi connectivity index (χ2v) is 6.54. The predicted molar refractivity (Wildman–Crippen MR) is 84.2 cm³/mol. The number of thiophene rings is 1. The molecule has 0 aliphatic rings. The Balaban J connectivity index is 2.27. The van der Waals surface area contributed by atoms with Gasteiger partial charge in [-0.3, -0.25) is 0 Å². The first-order valence-electron chi connectivity index (χ1n) is 5.79. The molecule has 0 saturated heterocycles. The molecule has 6 heteroatoms. The van der Waals surface area contributed by atoms with Crippen molar-refractivity contribution in [1.29, 1.82) is 5.26 Å². The zero-order chi connectivity index (χ0) is 13.9. The minimum absolute atomic E-state index is 0.400. The summed E-state index contributed by atoms with van der Waals surface area (Å²) < 4.78 is 1.92. The average molecular weight is 318 g/mol. The second-order valence-electron chi connectivity index (χ2n) is 3.92. The third-order valence-corrected chi connectivity index (χ3v) is 5.45. The molecule has 0 N–H and O–H groups in total. The Labute approximate surface area is 129 Å². The molecule has 20 heavy (non-hydrogen) atoms. The monoisotopic (exact) mass is 317 g/mol. The minimum atomic E-state index is 0.400. The van der Waals surface area contributed by atoms with Gasteiger partial charge in [-0.25, -0.2) is 9.97 Å². The lowest BCUT2D eigenvalue weighted by Crippen LogP contribution is -1.83. The van der Waals surface area contributed by atoms with E-state index in [2.05, 4.69) is 16.0 Å². The lowest BCUT2D eigenvalue weighted by Gasteiger charge is -2.02. The molecule has 0 unspecified atom stereocenters. The van der Waals surface area contributed by atoms with Gasteiger partial charge in [-0.05, 0) is 5.56 Å². The number of aromatic nitrogens is 2. The van der Waals surface area contributed by atoms with Gasteiger partial charge in [0, 0.05) is 5.56 Å². The maximum Gasteiger partial charge on any atom is 0.150 e. The number of hydrogen-bond donors (Lipinski definition) is 0. The Morgan fingerprint density at radius 3 is 2.80 bits per heavy atom. The number of rotatable bonds is 3. The molecule has 3 aromatic rings. The number of thioether (sulfide) groups is 1. The molecule has 0 radical (unpaired) electrons. The fraction of sp³-hybridized carbons (Fsp3) is 0.0714. The summed E-state index contributed by atoms with van der Waals surface area (Å²) in [6.45, 7) is 0. The van der Waals surface area contributed by atoms with Crippen LogP contribution in [-0.4, -0.2) is 15.7 Å². The van der Waals surface area contributed by atoms with E-state index in [9.17, 15) is 0 Å². The number of hydrogen-bond acceptors (Lipinski definition) is 5. The normalized spacial score (nSPS) is 10.6. The number of fused-ring (bicyclic) bond motifs is 1. The summed E-state index contributed by atoms with van der Waals surface area (Å²) in [6.07, 6.45) is 1.47. The first-order chi connectivity index (χ1) is 9.81. The van der Waals surface area contributed by atoms with E-state index >= 15 is 0 Å². The quantitative estimate of drug-likeness (QED) is 0.522. The van der Waals surface area contributed by atoms with Crippen molar-refractivity contribution >= 4 is 44.9 Å². The largest absolute Gasteiger partial charge is 0.235 e. The summed E-state index contributed by atoms with van der Waals surface area (Å²) in [5, 5.41) is 9.26. The number of nitriles is 1. The molecule has 0 aliphatic carbocycles. The first kappa shape index (κ1) is 13.4. The van der Waals surface area contributed by atoms with Crippen molar-refractivity contribution in [3.05, 3.63) is 41.8 Å². The lowest BCUT2D eigenvalue weighted by atomic mass is 10.1. The van der Waals surface area contributed by atoms with E-state index in [4.69, 9.17) is 16.9 Å². The van der Waals surface area contributed by atoms with Gasteiger partial charge in [0.2, 0.25) is 0 Å². The maximum atomic E-state index is 8.80. The highest BCUT2D eigenvalue weighted by atomic mass is 35.5. The second kappa shape index (κ2) is 5.80. The molecule has 0 saturated carbocycles. The van der Waals surface area contributed by atoms with Gasteiger partial charge in [-0.2, -0.15) is 5.26 Å². The van der Waals surface area contributed by atoms with Gasteiger partial charge in [0.25, 0.3) is 0 Å². The van der Waals surface area contributed by atoms with Crippen molar-refractivity contribution < 1.29 is 0 Å². The van der Waals surface area contributed by atoms with Crippen LogP contribution < -0.4 is 0 Å². The fourth-order valence-electron chi connectivity index (χ4n) is 1.92. The summed E-state index contributed by atoms with van der Waals surface area (Å²) in [6, 6.07) is 12.2. The number of halogens is 1. The topological polar surface area (TPSA) is 49.6 Å². The van der Waals surface area contributed by atoms with Gasteiger partial charge in [0.05, 0.1) is 26.2 Å². The molecule has 98 valence electrons. The highest BCUT2D eigenvalue weighted by Crippen LogP contribution is 2.44. The molecule has 3 nitrogen and oxygen atoms in total. The molecule has 0 bridgehead atoms. The minimum Gasteiger partial charge on any atom is -0.235 e. The molecule has 0 amide bonds. The summed E-state index contributed by atoms with van der Waals surface area (Å²) in [5.41, 5.74) is 2.96. The zero-order valence-electron chi connectivity index (χ0n) is 10.2. The third-order valence-electron chi connectivity index (χ3n) is 2.73. The standard InChI is InChI=1S/C14H8ClN3S2/c15-13-12-11(17-8-18-13)10(9-4-2-1-3-5-9)14(20-12)19-7-6-16/h1-5,8H,7H2. The molecular formula is C14H8ClN3S2. The van der Waals surface area contributed by atoms with Crippen molar-refractivity contribution in [3.8, 4) is 17.2 Å². The van der Waals surface area contributed by atoms with Crippen LogP contribution in [0, 0.1) is 11.3 Å².